The van der Waals surface area contributed by atoms with Gasteiger partial charge in [-0.2, -0.15) is 0 Å². The third kappa shape index (κ3) is 1.91. The molecule has 2 atom stereocenters. The number of rotatable bonds is 2. The molecule has 0 saturated heterocycles. The Morgan fingerprint density at radius 3 is 2.50 bits per heavy atom. The van der Waals surface area contributed by atoms with Crippen molar-refractivity contribution in [2.45, 2.75) is 43.4 Å². The lowest BCUT2D eigenvalue weighted by atomic mass is 10.1. The number of nitrogens with one attached hydrogen (secondary N) is 1. The molecule has 0 radical (unpaired) electrons. The van der Waals surface area contributed by atoms with Crippen molar-refractivity contribution in [1.82, 2.24) is 0 Å². The molecule has 1 aliphatic rings. The van der Waals surface area contributed by atoms with Gasteiger partial charge in [0.05, 0.1) is 15.8 Å². The summed E-state index contributed by atoms with van der Waals surface area (Å²) in [4.78, 5) is 0.402. The molecule has 5 heteroatoms. The standard InChI is InChI=1S/C13H19NO3S/c1-8-4-5-9(2)13-12(8)14-10(3)11(6-7-15)18(13,16)17/h4-5,10-11,14-15H,6-7H2,1-3H3. The van der Waals surface area contributed by atoms with Crippen LogP contribution in [0.3, 0.4) is 0 Å². The summed E-state index contributed by atoms with van der Waals surface area (Å²) in [5, 5.41) is 11.8. The predicted octanol–water partition coefficient (Wildman–Crippen LogP) is 1.64. The monoisotopic (exact) mass is 269 g/mol. The normalized spacial score (nSPS) is 25.3. The van der Waals surface area contributed by atoms with Gasteiger partial charge in [-0.05, 0) is 38.3 Å². The van der Waals surface area contributed by atoms with Crippen LogP contribution in [0.2, 0.25) is 0 Å². The summed E-state index contributed by atoms with van der Waals surface area (Å²) in [5.41, 5.74) is 2.42. The van der Waals surface area contributed by atoms with Gasteiger partial charge < -0.3 is 10.4 Å². The van der Waals surface area contributed by atoms with E-state index in [-0.39, 0.29) is 19.1 Å². The van der Waals surface area contributed by atoms with Crippen LogP contribution >= 0.6 is 0 Å². The highest BCUT2D eigenvalue weighted by Crippen LogP contribution is 2.38. The van der Waals surface area contributed by atoms with Gasteiger partial charge in [0.2, 0.25) is 0 Å². The summed E-state index contributed by atoms with van der Waals surface area (Å²) in [5.74, 6) is 0. The largest absolute Gasteiger partial charge is 0.396 e. The fourth-order valence-corrected chi connectivity index (χ4v) is 4.95. The zero-order valence-corrected chi connectivity index (χ0v) is 11.7. The van der Waals surface area contributed by atoms with E-state index in [0.29, 0.717) is 4.90 Å². The molecule has 2 unspecified atom stereocenters. The Morgan fingerprint density at radius 1 is 1.28 bits per heavy atom. The topological polar surface area (TPSA) is 66.4 Å². The maximum absolute atomic E-state index is 12.6. The number of aliphatic hydroxyl groups excluding tert-OH is 1. The Hall–Kier alpha value is -1.07. The second-order valence-electron chi connectivity index (χ2n) is 4.93. The minimum Gasteiger partial charge on any atom is -0.396 e. The zero-order valence-electron chi connectivity index (χ0n) is 10.9. The quantitative estimate of drug-likeness (QED) is 0.856. The van der Waals surface area contributed by atoms with Crippen molar-refractivity contribution in [1.29, 1.82) is 0 Å². The van der Waals surface area contributed by atoms with Gasteiger partial charge >= 0.3 is 0 Å². The minimum absolute atomic E-state index is 0.115. The Bertz CT molecular complexity index is 566. The Kier molecular flexibility index (Phi) is 3.38. The summed E-state index contributed by atoms with van der Waals surface area (Å²) in [7, 11) is -3.37. The van der Waals surface area contributed by atoms with Gasteiger partial charge in [0, 0.05) is 12.6 Å². The lowest BCUT2D eigenvalue weighted by Gasteiger charge is -2.33. The number of aliphatic hydroxyl groups is 1. The molecule has 4 nitrogen and oxygen atoms in total. The summed E-state index contributed by atoms with van der Waals surface area (Å²) in [6.07, 6.45) is 0.267. The van der Waals surface area contributed by atoms with Crippen LogP contribution < -0.4 is 5.32 Å². The van der Waals surface area contributed by atoms with Crippen LogP contribution in [-0.2, 0) is 9.84 Å². The molecule has 0 spiro atoms. The average molecular weight is 269 g/mol. The lowest BCUT2D eigenvalue weighted by molar-refractivity contribution is 0.282. The van der Waals surface area contributed by atoms with Crippen LogP contribution in [0.1, 0.15) is 24.5 Å². The van der Waals surface area contributed by atoms with Crippen LogP contribution in [0.5, 0.6) is 0 Å². The molecule has 0 aromatic heterocycles. The van der Waals surface area contributed by atoms with E-state index in [4.69, 9.17) is 5.11 Å². The Morgan fingerprint density at radius 2 is 1.89 bits per heavy atom. The van der Waals surface area contributed by atoms with Crippen molar-refractivity contribution >= 4 is 15.5 Å². The molecule has 0 amide bonds. The van der Waals surface area contributed by atoms with E-state index in [9.17, 15) is 8.42 Å². The molecule has 2 N–H and O–H groups in total. The van der Waals surface area contributed by atoms with Crippen molar-refractivity contribution < 1.29 is 13.5 Å². The smallest absolute Gasteiger partial charge is 0.185 e. The van der Waals surface area contributed by atoms with Crippen LogP contribution in [0, 0.1) is 13.8 Å². The molecule has 0 bridgehead atoms. The highest BCUT2D eigenvalue weighted by atomic mass is 32.2. The maximum Gasteiger partial charge on any atom is 0.185 e. The van der Waals surface area contributed by atoms with Gasteiger partial charge in [-0.15, -0.1) is 0 Å². The molecule has 0 aliphatic carbocycles. The number of anilines is 1. The molecule has 1 aliphatic heterocycles. The number of benzene rings is 1. The van der Waals surface area contributed by atoms with Crippen LogP contribution in [-0.4, -0.2) is 31.4 Å². The SMILES string of the molecule is Cc1ccc(C)c2c1NC(C)C(CCO)S2(=O)=O. The van der Waals surface area contributed by atoms with Crippen molar-refractivity contribution in [2.24, 2.45) is 0 Å². The van der Waals surface area contributed by atoms with Gasteiger partial charge in [-0.3, -0.25) is 0 Å². The van der Waals surface area contributed by atoms with E-state index < -0.39 is 15.1 Å². The molecule has 18 heavy (non-hydrogen) atoms. The summed E-state index contributed by atoms with van der Waals surface area (Å²) in [6.45, 7) is 5.45. The van der Waals surface area contributed by atoms with Gasteiger partial charge in [-0.25, -0.2) is 8.42 Å². The van der Waals surface area contributed by atoms with E-state index in [1.807, 2.05) is 32.9 Å². The second-order valence-corrected chi connectivity index (χ2v) is 7.04. The first-order valence-corrected chi connectivity index (χ1v) is 7.65. The molecule has 0 saturated carbocycles. The van der Waals surface area contributed by atoms with E-state index in [2.05, 4.69) is 5.32 Å². The van der Waals surface area contributed by atoms with E-state index in [1.54, 1.807) is 0 Å². The van der Waals surface area contributed by atoms with Crippen LogP contribution in [0.25, 0.3) is 0 Å². The number of sulfone groups is 1. The summed E-state index contributed by atoms with van der Waals surface area (Å²) in [6, 6.07) is 3.57. The minimum atomic E-state index is -3.37. The summed E-state index contributed by atoms with van der Waals surface area (Å²) >= 11 is 0. The molecule has 100 valence electrons. The van der Waals surface area contributed by atoms with E-state index >= 15 is 0 Å². The van der Waals surface area contributed by atoms with Gasteiger partial charge in [0.1, 0.15) is 0 Å². The molecule has 1 aromatic rings. The maximum atomic E-state index is 12.6. The molecule has 1 aromatic carbocycles. The molecular weight excluding hydrogens is 250 g/mol. The number of hydrogen-bond acceptors (Lipinski definition) is 4. The van der Waals surface area contributed by atoms with Gasteiger partial charge in [-0.1, -0.05) is 12.1 Å². The Labute approximate surface area is 108 Å². The first-order valence-electron chi connectivity index (χ1n) is 6.11. The third-order valence-electron chi connectivity index (χ3n) is 3.59. The zero-order chi connectivity index (χ0) is 13.5. The number of hydrogen-bond donors (Lipinski definition) is 2. The van der Waals surface area contributed by atoms with Gasteiger partial charge in [0.25, 0.3) is 0 Å². The van der Waals surface area contributed by atoms with E-state index in [0.717, 1.165) is 16.8 Å². The fourth-order valence-electron chi connectivity index (χ4n) is 2.60. The first kappa shape index (κ1) is 13.4. The van der Waals surface area contributed by atoms with Crippen molar-refractivity contribution in [3.63, 3.8) is 0 Å². The number of fused-ring (bicyclic) bond motifs is 1. The van der Waals surface area contributed by atoms with Crippen molar-refractivity contribution in [3.05, 3.63) is 23.3 Å². The molecule has 0 fully saturated rings. The first-order chi connectivity index (χ1) is 8.39. The third-order valence-corrected chi connectivity index (χ3v) is 6.13. The predicted molar refractivity (Wildman–Crippen MR) is 71.7 cm³/mol. The van der Waals surface area contributed by atoms with Crippen molar-refractivity contribution in [3.8, 4) is 0 Å². The van der Waals surface area contributed by atoms with Crippen LogP contribution in [0.15, 0.2) is 17.0 Å². The molecule has 1 heterocycles. The second kappa shape index (κ2) is 4.55. The summed E-state index contributed by atoms with van der Waals surface area (Å²) < 4.78 is 25.3. The lowest BCUT2D eigenvalue weighted by Crippen LogP contribution is -2.43. The van der Waals surface area contributed by atoms with Crippen molar-refractivity contribution in [2.75, 3.05) is 11.9 Å². The molecular formula is C13H19NO3S. The number of aryl methyl sites for hydroxylation is 2. The molecule has 2 rings (SSSR count). The fraction of sp³-hybridized carbons (Fsp3) is 0.538. The average Bonchev–Trinajstić information content (AvgIpc) is 2.28. The Balaban J connectivity index is 2.66. The highest BCUT2D eigenvalue weighted by molar-refractivity contribution is 7.92. The van der Waals surface area contributed by atoms with E-state index in [1.165, 1.54) is 0 Å². The highest BCUT2D eigenvalue weighted by Gasteiger charge is 2.39. The van der Waals surface area contributed by atoms with Gasteiger partial charge in [0.15, 0.2) is 9.84 Å². The van der Waals surface area contributed by atoms with Crippen LogP contribution in [0.4, 0.5) is 5.69 Å².